The largest absolute Gasteiger partial charge is 0.497 e. The van der Waals surface area contributed by atoms with Crippen molar-refractivity contribution in [3.63, 3.8) is 0 Å². The smallest absolute Gasteiger partial charge is 0.271 e. The van der Waals surface area contributed by atoms with Crippen LogP contribution in [0.1, 0.15) is 21.7 Å². The Morgan fingerprint density at radius 1 is 1.04 bits per heavy atom. The number of amides is 1. The molecule has 7 nitrogen and oxygen atoms in total. The molecule has 0 aliphatic heterocycles. The Kier molecular flexibility index (Phi) is 6.30. The third-order valence-electron chi connectivity index (χ3n) is 3.92. The van der Waals surface area contributed by atoms with E-state index in [2.05, 4.69) is 25.6 Å². The number of methoxy groups -OCH3 is 1. The van der Waals surface area contributed by atoms with E-state index < -0.39 is 0 Å². The van der Waals surface area contributed by atoms with Crippen molar-refractivity contribution in [2.45, 2.75) is 13.0 Å². The highest BCUT2D eigenvalue weighted by Crippen LogP contribution is 2.11. The number of ether oxygens (including phenoxy) is 1. The number of hydrogen-bond donors (Lipinski definition) is 2. The molecule has 2 heterocycles. The summed E-state index contributed by atoms with van der Waals surface area (Å²) in [4.78, 5) is 24.8. The first-order valence-corrected chi connectivity index (χ1v) is 8.61. The second-order valence-corrected chi connectivity index (χ2v) is 5.82. The fourth-order valence-corrected chi connectivity index (χ4v) is 2.42. The predicted molar refractivity (Wildman–Crippen MR) is 103 cm³/mol. The van der Waals surface area contributed by atoms with Gasteiger partial charge < -0.3 is 15.4 Å². The molecule has 0 aliphatic rings. The van der Waals surface area contributed by atoms with Crippen molar-refractivity contribution in [3.05, 3.63) is 78.0 Å². The van der Waals surface area contributed by atoms with Crippen molar-refractivity contribution < 1.29 is 9.53 Å². The molecule has 0 fully saturated rings. The third kappa shape index (κ3) is 5.50. The summed E-state index contributed by atoms with van der Waals surface area (Å²) in [6, 6.07) is 13.5. The molecule has 3 aromatic rings. The van der Waals surface area contributed by atoms with Crippen LogP contribution in [0.5, 0.6) is 5.75 Å². The van der Waals surface area contributed by atoms with E-state index in [9.17, 15) is 4.79 Å². The fraction of sp³-hybridized carbons (Fsp3) is 0.200. The van der Waals surface area contributed by atoms with Crippen molar-refractivity contribution >= 4 is 11.7 Å². The van der Waals surface area contributed by atoms with Gasteiger partial charge in [0.1, 0.15) is 17.3 Å². The van der Waals surface area contributed by atoms with E-state index in [4.69, 9.17) is 4.74 Å². The summed E-state index contributed by atoms with van der Waals surface area (Å²) in [7, 11) is 1.63. The Bertz CT molecular complexity index is 852. The molecular formula is C20H21N5O2. The molecule has 0 bridgehead atoms. The molecule has 0 spiro atoms. The van der Waals surface area contributed by atoms with Crippen molar-refractivity contribution in [2.75, 3.05) is 19.0 Å². The van der Waals surface area contributed by atoms with Crippen LogP contribution in [-0.4, -0.2) is 34.5 Å². The van der Waals surface area contributed by atoms with Crippen LogP contribution in [0.25, 0.3) is 0 Å². The molecule has 7 heteroatoms. The summed E-state index contributed by atoms with van der Waals surface area (Å²) >= 11 is 0. The van der Waals surface area contributed by atoms with E-state index in [1.165, 1.54) is 6.20 Å². The molecule has 138 valence electrons. The molecule has 1 aromatic carbocycles. The Labute approximate surface area is 157 Å². The highest BCUT2D eigenvalue weighted by atomic mass is 16.5. The molecule has 3 rings (SSSR count). The van der Waals surface area contributed by atoms with E-state index in [0.29, 0.717) is 18.9 Å². The monoisotopic (exact) mass is 363 g/mol. The third-order valence-corrected chi connectivity index (χ3v) is 3.92. The average Bonchev–Trinajstić information content (AvgIpc) is 2.74. The zero-order valence-electron chi connectivity index (χ0n) is 15.1. The van der Waals surface area contributed by atoms with Crippen molar-refractivity contribution in [1.82, 2.24) is 20.3 Å². The van der Waals surface area contributed by atoms with Gasteiger partial charge in [-0.15, -0.1) is 0 Å². The Morgan fingerprint density at radius 3 is 2.56 bits per heavy atom. The lowest BCUT2D eigenvalue weighted by Crippen LogP contribution is -2.26. The van der Waals surface area contributed by atoms with Gasteiger partial charge in [0.2, 0.25) is 0 Å². The normalized spacial score (nSPS) is 10.3. The number of carbonyl (C=O) groups is 1. The van der Waals surface area contributed by atoms with Gasteiger partial charge in [-0.25, -0.2) is 9.97 Å². The predicted octanol–water partition coefficient (Wildman–Crippen LogP) is 2.46. The van der Waals surface area contributed by atoms with Gasteiger partial charge >= 0.3 is 0 Å². The molecule has 0 saturated carbocycles. The van der Waals surface area contributed by atoms with Crippen LogP contribution < -0.4 is 15.4 Å². The molecule has 0 unspecified atom stereocenters. The number of hydrogen-bond acceptors (Lipinski definition) is 6. The number of anilines is 1. The van der Waals surface area contributed by atoms with E-state index in [1.807, 2.05) is 42.5 Å². The van der Waals surface area contributed by atoms with Gasteiger partial charge in [-0.2, -0.15) is 0 Å². The number of benzene rings is 1. The highest BCUT2D eigenvalue weighted by molar-refractivity contribution is 5.91. The fourth-order valence-electron chi connectivity index (χ4n) is 2.42. The first-order valence-electron chi connectivity index (χ1n) is 8.61. The summed E-state index contributed by atoms with van der Waals surface area (Å²) in [5.41, 5.74) is 2.31. The first kappa shape index (κ1) is 18.3. The lowest BCUT2D eigenvalue weighted by Gasteiger charge is -2.07. The molecule has 0 radical (unpaired) electrons. The highest BCUT2D eigenvalue weighted by Gasteiger charge is 2.07. The number of rotatable bonds is 8. The van der Waals surface area contributed by atoms with Crippen molar-refractivity contribution in [1.29, 1.82) is 0 Å². The van der Waals surface area contributed by atoms with Gasteiger partial charge in [-0.3, -0.25) is 9.78 Å². The average molecular weight is 363 g/mol. The maximum absolute atomic E-state index is 12.2. The SMILES string of the molecule is COc1ccc(CCNC(=O)c2cnc(NCc3ccccn3)cn2)cc1. The van der Waals surface area contributed by atoms with Crippen LogP contribution in [0.3, 0.4) is 0 Å². The summed E-state index contributed by atoms with van der Waals surface area (Å²) in [5, 5.41) is 5.97. The van der Waals surface area contributed by atoms with Crippen LogP contribution in [0.4, 0.5) is 5.82 Å². The van der Waals surface area contributed by atoms with Crippen LogP contribution in [0, 0.1) is 0 Å². The lowest BCUT2D eigenvalue weighted by molar-refractivity contribution is 0.0949. The number of carbonyl (C=O) groups excluding carboxylic acids is 1. The zero-order valence-corrected chi connectivity index (χ0v) is 15.1. The van der Waals surface area contributed by atoms with E-state index in [-0.39, 0.29) is 11.6 Å². The molecule has 0 atom stereocenters. The second-order valence-electron chi connectivity index (χ2n) is 5.82. The molecule has 27 heavy (non-hydrogen) atoms. The minimum absolute atomic E-state index is 0.243. The van der Waals surface area contributed by atoms with Crippen molar-refractivity contribution in [3.8, 4) is 5.75 Å². The van der Waals surface area contributed by atoms with Gasteiger partial charge in [0.25, 0.3) is 5.91 Å². The maximum Gasteiger partial charge on any atom is 0.271 e. The Hall–Kier alpha value is -3.48. The van der Waals surface area contributed by atoms with Crippen LogP contribution >= 0.6 is 0 Å². The topological polar surface area (TPSA) is 89.0 Å². The van der Waals surface area contributed by atoms with Crippen LogP contribution in [0.2, 0.25) is 0 Å². The van der Waals surface area contributed by atoms with Gasteiger partial charge in [-0.05, 0) is 36.2 Å². The van der Waals surface area contributed by atoms with Crippen LogP contribution in [0.15, 0.2) is 61.1 Å². The van der Waals surface area contributed by atoms with Gasteiger partial charge in [0, 0.05) is 12.7 Å². The van der Waals surface area contributed by atoms with Crippen LogP contribution in [-0.2, 0) is 13.0 Å². The molecule has 1 amide bonds. The summed E-state index contributed by atoms with van der Waals surface area (Å²) in [5.74, 6) is 1.16. The molecule has 2 aromatic heterocycles. The minimum Gasteiger partial charge on any atom is -0.497 e. The Morgan fingerprint density at radius 2 is 1.89 bits per heavy atom. The van der Waals surface area contributed by atoms with E-state index >= 15 is 0 Å². The minimum atomic E-state index is -0.243. The second kappa shape index (κ2) is 9.28. The molecule has 0 aliphatic carbocycles. The summed E-state index contributed by atoms with van der Waals surface area (Å²) in [6.07, 6.45) is 5.47. The van der Waals surface area contributed by atoms with Gasteiger partial charge in [-0.1, -0.05) is 18.2 Å². The Balaban J connectivity index is 1.45. The molecule has 0 saturated heterocycles. The lowest BCUT2D eigenvalue weighted by atomic mass is 10.1. The number of aromatic nitrogens is 3. The summed E-state index contributed by atoms with van der Waals surface area (Å²) < 4.78 is 5.13. The number of pyridine rings is 1. The quantitative estimate of drug-likeness (QED) is 0.639. The molecular weight excluding hydrogens is 342 g/mol. The summed E-state index contributed by atoms with van der Waals surface area (Å²) in [6.45, 7) is 1.06. The van der Waals surface area contributed by atoms with E-state index in [1.54, 1.807) is 19.5 Å². The van der Waals surface area contributed by atoms with Gasteiger partial charge in [0.05, 0.1) is 31.7 Å². The standard InChI is InChI=1S/C20H21N5O2/c1-27-17-7-5-15(6-8-17)9-11-22-20(26)18-13-25-19(14-23-18)24-12-16-4-2-3-10-21-16/h2-8,10,13-14H,9,11-12H2,1H3,(H,22,26)(H,24,25). The zero-order chi connectivity index (χ0) is 18.9. The number of nitrogens with zero attached hydrogens (tertiary/aromatic N) is 3. The first-order chi connectivity index (χ1) is 13.2. The molecule has 2 N–H and O–H groups in total. The van der Waals surface area contributed by atoms with Gasteiger partial charge in [0.15, 0.2) is 0 Å². The van der Waals surface area contributed by atoms with E-state index in [0.717, 1.165) is 23.4 Å². The maximum atomic E-state index is 12.2. The van der Waals surface area contributed by atoms with Crippen molar-refractivity contribution in [2.24, 2.45) is 0 Å². The number of nitrogens with one attached hydrogen (secondary N) is 2.